The van der Waals surface area contributed by atoms with Crippen molar-refractivity contribution in [1.29, 1.82) is 0 Å². The first-order chi connectivity index (χ1) is 17.7. The number of aliphatic hydroxyl groups is 1. The molecule has 0 fully saturated rings. The van der Waals surface area contributed by atoms with Crippen molar-refractivity contribution in [3.8, 4) is 0 Å². The van der Waals surface area contributed by atoms with Gasteiger partial charge in [0.15, 0.2) is 0 Å². The van der Waals surface area contributed by atoms with Crippen LogP contribution in [0.3, 0.4) is 0 Å². The zero-order valence-electron chi connectivity index (χ0n) is 21.3. The number of aromatic nitrogens is 2. The van der Waals surface area contributed by atoms with Crippen molar-refractivity contribution < 1.29 is 19.1 Å². The second-order valence-corrected chi connectivity index (χ2v) is 9.68. The zero-order valence-corrected chi connectivity index (χ0v) is 23.7. The van der Waals surface area contributed by atoms with E-state index in [0.29, 0.717) is 11.8 Å². The number of rotatable bonds is 9. The molecule has 0 radical (unpaired) electrons. The number of allylic oxidation sites excluding steroid dienone is 1. The molecular weight excluding hydrogens is 559 g/mol. The number of hydrogen-bond donors (Lipinski definition) is 3. The molecule has 1 atom stereocenters. The van der Waals surface area contributed by atoms with Crippen LogP contribution < -0.4 is 10.6 Å². The van der Waals surface area contributed by atoms with Crippen LogP contribution in [0.5, 0.6) is 0 Å². The van der Waals surface area contributed by atoms with Gasteiger partial charge in [-0.3, -0.25) is 0 Å². The van der Waals surface area contributed by atoms with E-state index >= 15 is 0 Å². The molecule has 0 saturated carbocycles. The number of anilines is 3. The third kappa shape index (κ3) is 12.2. The molecule has 0 spiro atoms. The van der Waals surface area contributed by atoms with E-state index < -0.39 is 0 Å². The molecule has 0 bridgehead atoms. The Balaban J connectivity index is 0.000000406. The van der Waals surface area contributed by atoms with Crippen molar-refractivity contribution in [2.24, 2.45) is 0 Å². The largest absolute Gasteiger partial charge is 0.394 e. The number of halogens is 2. The number of hydrogen-bond acceptors (Lipinski definition) is 8. The lowest BCUT2D eigenvalue weighted by molar-refractivity contribution is -0.191. The van der Waals surface area contributed by atoms with Crippen LogP contribution in [0, 0.1) is 12.7 Å². The van der Waals surface area contributed by atoms with Crippen molar-refractivity contribution in [3.63, 3.8) is 0 Å². The van der Waals surface area contributed by atoms with Gasteiger partial charge in [0, 0.05) is 16.8 Å². The number of thioether (sulfide) groups is 1. The predicted molar refractivity (Wildman–Crippen MR) is 151 cm³/mol. The highest BCUT2D eigenvalue weighted by Gasteiger charge is 2.10. The summed E-state index contributed by atoms with van der Waals surface area (Å²) in [7, 11) is 0. The summed E-state index contributed by atoms with van der Waals surface area (Å²) in [6.45, 7) is 9.90. The summed E-state index contributed by atoms with van der Waals surface area (Å²) in [6, 6.07) is 12.6. The lowest BCUT2D eigenvalue weighted by atomic mass is 10.1. The molecule has 1 heterocycles. The second kappa shape index (κ2) is 17.4. The van der Waals surface area contributed by atoms with Gasteiger partial charge in [-0.1, -0.05) is 37.3 Å². The van der Waals surface area contributed by atoms with Crippen LogP contribution in [0.2, 0.25) is 0 Å². The van der Waals surface area contributed by atoms with Crippen molar-refractivity contribution in [3.05, 3.63) is 82.2 Å². The van der Waals surface area contributed by atoms with Crippen molar-refractivity contribution in [2.75, 3.05) is 23.5 Å². The van der Waals surface area contributed by atoms with E-state index in [0.717, 1.165) is 34.1 Å². The Labute approximate surface area is 230 Å². The van der Waals surface area contributed by atoms with E-state index in [-0.39, 0.29) is 24.6 Å². The first-order valence-electron chi connectivity index (χ1n) is 11.4. The van der Waals surface area contributed by atoms with Crippen LogP contribution in [0.15, 0.2) is 70.2 Å². The van der Waals surface area contributed by atoms with Crippen molar-refractivity contribution in [2.45, 2.75) is 44.6 Å². The molecule has 0 aliphatic carbocycles. The molecule has 0 saturated heterocycles. The molecule has 3 rings (SSSR count). The first-order valence-corrected chi connectivity index (χ1v) is 13.4. The van der Waals surface area contributed by atoms with Gasteiger partial charge in [-0.2, -0.15) is 14.6 Å². The van der Waals surface area contributed by atoms with Crippen LogP contribution in [0.25, 0.3) is 0 Å². The highest BCUT2D eigenvalue weighted by Crippen LogP contribution is 2.26. The van der Waals surface area contributed by atoms with E-state index in [1.807, 2.05) is 19.9 Å². The molecule has 0 aliphatic rings. The number of nitrogens with one attached hydrogen (secondary N) is 2. The quantitative estimate of drug-likeness (QED) is 0.190. The highest BCUT2D eigenvalue weighted by atomic mass is 79.9. The van der Waals surface area contributed by atoms with Gasteiger partial charge in [-0.25, -0.2) is 9.37 Å². The fraction of sp³-hybridized carbons (Fsp3) is 0.296. The summed E-state index contributed by atoms with van der Waals surface area (Å²) in [6.07, 6.45) is 5.65. The number of aryl methyl sites for hydroxylation is 1. The minimum atomic E-state index is -0.185. The Hall–Kier alpha value is -3.04. The number of nitrogens with zero attached hydrogens (tertiary/aromatic N) is 2. The first kappa shape index (κ1) is 32.0. The summed E-state index contributed by atoms with van der Waals surface area (Å²) in [4.78, 5) is 26.2. The number of carbonyl (C=O) groups excluding carboxylic acids is 2. The highest BCUT2D eigenvalue weighted by molar-refractivity contribution is 9.10. The second-order valence-electron chi connectivity index (χ2n) is 7.98. The normalized spacial score (nSPS) is 10.6. The number of aliphatic hydroxyl groups excluding tert-OH is 1. The van der Waals surface area contributed by atoms with Gasteiger partial charge in [-0.15, -0.1) is 11.8 Å². The fourth-order valence-corrected chi connectivity index (χ4v) is 3.92. The van der Waals surface area contributed by atoms with Gasteiger partial charge < -0.3 is 15.7 Å². The fourth-order valence-electron chi connectivity index (χ4n) is 2.98. The molecule has 37 heavy (non-hydrogen) atoms. The Bertz CT molecular complexity index is 1170. The minimum absolute atomic E-state index is 0.0310. The van der Waals surface area contributed by atoms with Crippen molar-refractivity contribution in [1.82, 2.24) is 9.97 Å². The lowest BCUT2D eigenvalue weighted by Gasteiger charge is -2.16. The van der Waals surface area contributed by atoms with E-state index in [4.69, 9.17) is 9.59 Å². The molecule has 10 heteroatoms. The Morgan fingerprint density at radius 1 is 1.24 bits per heavy atom. The van der Waals surface area contributed by atoms with Gasteiger partial charge in [0.2, 0.25) is 5.95 Å². The maximum absolute atomic E-state index is 12.4. The number of benzene rings is 2. The third-order valence-electron chi connectivity index (χ3n) is 4.88. The Morgan fingerprint density at radius 3 is 2.43 bits per heavy atom. The van der Waals surface area contributed by atoms with Crippen LogP contribution >= 0.6 is 27.7 Å². The van der Waals surface area contributed by atoms with E-state index in [2.05, 4.69) is 68.4 Å². The maximum atomic E-state index is 12.4. The molecule has 2 aromatic carbocycles. The monoisotopic (exact) mass is 590 g/mol. The summed E-state index contributed by atoms with van der Waals surface area (Å²) in [5, 5.41) is 15.8. The molecule has 0 aliphatic heterocycles. The molecule has 198 valence electrons. The zero-order chi connectivity index (χ0) is 27.8. The van der Waals surface area contributed by atoms with Gasteiger partial charge in [0.1, 0.15) is 11.6 Å². The summed E-state index contributed by atoms with van der Waals surface area (Å²) in [5.74, 6) is 0.996. The third-order valence-corrected chi connectivity index (χ3v) is 6.34. The Morgan fingerprint density at radius 2 is 1.89 bits per heavy atom. The summed E-state index contributed by atoms with van der Waals surface area (Å²) in [5.41, 5.74) is 4.40. The van der Waals surface area contributed by atoms with Gasteiger partial charge >= 0.3 is 6.15 Å². The van der Waals surface area contributed by atoms with E-state index in [1.54, 1.807) is 30.1 Å². The van der Waals surface area contributed by atoms with Gasteiger partial charge in [-0.05, 0) is 84.3 Å². The van der Waals surface area contributed by atoms with Crippen LogP contribution in [-0.4, -0.2) is 40.1 Å². The standard InChI is InChI=1S/C16H21BrN4OS.C10H11F.CO2/c1-4-11(9-22)19-15-13(17)8-18-16(21-15)20-12-6-5-10(2)14(7-12)23-3;1-8(2)7-9-3-5-10(11)6-4-9;2-1-3/h5-8,11,22H,4,9H2,1-3H3,(H2,18,19,20,21);3-6H,1,7H2,2H3;. The molecule has 3 aromatic rings. The van der Waals surface area contributed by atoms with Gasteiger partial charge in [0.25, 0.3) is 0 Å². The van der Waals surface area contributed by atoms with Crippen LogP contribution in [0.1, 0.15) is 31.4 Å². The average molecular weight is 592 g/mol. The smallest absolute Gasteiger partial charge is 0.373 e. The summed E-state index contributed by atoms with van der Waals surface area (Å²) >= 11 is 5.15. The predicted octanol–water partition coefficient (Wildman–Crippen LogP) is 6.56. The maximum Gasteiger partial charge on any atom is 0.373 e. The molecule has 7 nitrogen and oxygen atoms in total. The molecule has 3 N–H and O–H groups in total. The topological polar surface area (TPSA) is 104 Å². The van der Waals surface area contributed by atoms with Gasteiger partial charge in [0.05, 0.1) is 17.1 Å². The SMILES string of the molecule is C=C(C)Cc1ccc(F)cc1.CCC(CO)Nc1nc(Nc2ccc(C)c(SC)c2)ncc1Br.O=C=O. The minimum Gasteiger partial charge on any atom is -0.394 e. The van der Waals surface area contributed by atoms with Crippen LogP contribution in [-0.2, 0) is 16.0 Å². The summed E-state index contributed by atoms with van der Waals surface area (Å²) < 4.78 is 13.2. The lowest BCUT2D eigenvalue weighted by Crippen LogP contribution is -2.23. The van der Waals surface area contributed by atoms with Crippen LogP contribution in [0.4, 0.5) is 21.8 Å². The molecular formula is C27H32BrFN4O3S. The molecule has 1 unspecified atom stereocenters. The molecule has 0 amide bonds. The molecule has 1 aromatic heterocycles. The van der Waals surface area contributed by atoms with Crippen molar-refractivity contribution >= 4 is 51.3 Å². The van der Waals surface area contributed by atoms with E-state index in [1.165, 1.54) is 22.6 Å². The van der Waals surface area contributed by atoms with E-state index in [9.17, 15) is 9.50 Å². The Kier molecular flexibility index (Phi) is 15.1. The average Bonchev–Trinajstić information content (AvgIpc) is 2.87.